The maximum Gasteiger partial charge on any atom is 0.310 e. The first kappa shape index (κ1) is 17.9. The van der Waals surface area contributed by atoms with Crippen LogP contribution in [-0.2, 0) is 22.6 Å². The number of rotatable bonds is 6. The molecule has 1 fully saturated rings. The Hall–Kier alpha value is -1.88. The lowest BCUT2D eigenvalue weighted by atomic mass is 9.66. The lowest BCUT2D eigenvalue weighted by Gasteiger charge is -2.42. The molecule has 0 radical (unpaired) electrons. The van der Waals surface area contributed by atoms with Crippen molar-refractivity contribution in [2.75, 3.05) is 13.1 Å². The molecule has 2 aliphatic rings. The molecular weight excluding hydrogens is 316 g/mol. The average Bonchev–Trinajstić information content (AvgIpc) is 2.55. The van der Waals surface area contributed by atoms with Crippen molar-refractivity contribution >= 4 is 11.9 Å². The molecule has 0 spiro atoms. The lowest BCUT2D eigenvalue weighted by Crippen LogP contribution is -2.54. The Kier molecular flexibility index (Phi) is 4.87. The molecule has 0 atom stereocenters. The van der Waals surface area contributed by atoms with Gasteiger partial charge in [0.25, 0.3) is 0 Å². The van der Waals surface area contributed by atoms with E-state index < -0.39 is 11.4 Å². The number of benzene rings is 1. The number of hydrogen-bond donors (Lipinski definition) is 2. The summed E-state index contributed by atoms with van der Waals surface area (Å²) in [6, 6.07) is 8.51. The first-order chi connectivity index (χ1) is 11.8. The number of nitrogens with one attached hydrogen (secondary N) is 1. The molecule has 1 aliphatic carbocycles. The third-order valence-corrected chi connectivity index (χ3v) is 5.97. The summed E-state index contributed by atoms with van der Waals surface area (Å²) >= 11 is 0. The second kappa shape index (κ2) is 6.79. The highest BCUT2D eigenvalue weighted by atomic mass is 16.4. The zero-order valence-corrected chi connectivity index (χ0v) is 15.2. The number of nitrogens with zero attached hydrogens (tertiary/aromatic N) is 1. The summed E-state index contributed by atoms with van der Waals surface area (Å²) in [6.45, 7) is 6.66. The predicted molar refractivity (Wildman–Crippen MR) is 96.2 cm³/mol. The number of carboxylic acids is 1. The third kappa shape index (κ3) is 3.71. The average molecular weight is 344 g/mol. The van der Waals surface area contributed by atoms with Crippen LogP contribution < -0.4 is 5.32 Å². The van der Waals surface area contributed by atoms with Crippen molar-refractivity contribution < 1.29 is 14.7 Å². The van der Waals surface area contributed by atoms with Crippen LogP contribution in [0.15, 0.2) is 24.3 Å². The van der Waals surface area contributed by atoms with Gasteiger partial charge in [0.15, 0.2) is 0 Å². The van der Waals surface area contributed by atoms with Gasteiger partial charge in [-0.1, -0.05) is 30.7 Å². The molecule has 136 valence electrons. The predicted octanol–water partition coefficient (Wildman–Crippen LogP) is 2.58. The van der Waals surface area contributed by atoms with E-state index in [1.165, 1.54) is 11.1 Å². The minimum Gasteiger partial charge on any atom is -0.481 e. The molecule has 1 aliphatic heterocycles. The van der Waals surface area contributed by atoms with Gasteiger partial charge in [-0.3, -0.25) is 14.5 Å². The second-order valence-corrected chi connectivity index (χ2v) is 8.15. The van der Waals surface area contributed by atoms with Crippen molar-refractivity contribution in [2.24, 2.45) is 5.41 Å². The highest BCUT2D eigenvalue weighted by Crippen LogP contribution is 2.44. The van der Waals surface area contributed by atoms with Crippen LogP contribution in [0.2, 0.25) is 0 Å². The van der Waals surface area contributed by atoms with Crippen LogP contribution in [0.1, 0.15) is 50.7 Å². The van der Waals surface area contributed by atoms with Crippen LogP contribution in [-0.4, -0.2) is 40.5 Å². The summed E-state index contributed by atoms with van der Waals surface area (Å²) in [5, 5.41) is 12.3. The van der Waals surface area contributed by atoms with Gasteiger partial charge in [-0.15, -0.1) is 0 Å². The monoisotopic (exact) mass is 344 g/mol. The number of fused-ring (bicyclic) bond motifs is 1. The van der Waals surface area contributed by atoms with E-state index in [9.17, 15) is 14.7 Å². The molecule has 25 heavy (non-hydrogen) atoms. The smallest absolute Gasteiger partial charge is 0.310 e. The number of carbonyl (C=O) groups excluding carboxylic acids is 1. The van der Waals surface area contributed by atoms with E-state index in [-0.39, 0.29) is 17.9 Å². The number of amides is 1. The molecule has 5 nitrogen and oxygen atoms in total. The maximum absolute atomic E-state index is 12.3. The van der Waals surface area contributed by atoms with E-state index in [2.05, 4.69) is 48.3 Å². The number of hydrogen-bond acceptors (Lipinski definition) is 3. The Balaban J connectivity index is 1.55. The Bertz CT molecular complexity index is 665. The van der Waals surface area contributed by atoms with Gasteiger partial charge in [-0.25, -0.2) is 0 Å². The highest BCUT2D eigenvalue weighted by molar-refractivity contribution is 5.85. The minimum absolute atomic E-state index is 0.0985. The summed E-state index contributed by atoms with van der Waals surface area (Å²) in [7, 11) is 0. The molecule has 0 bridgehead atoms. The fourth-order valence-corrected chi connectivity index (χ4v) is 3.88. The van der Waals surface area contributed by atoms with Gasteiger partial charge in [0, 0.05) is 31.6 Å². The summed E-state index contributed by atoms with van der Waals surface area (Å²) in [5.41, 5.74) is 1.77. The van der Waals surface area contributed by atoms with Crippen LogP contribution in [0.3, 0.4) is 0 Å². The van der Waals surface area contributed by atoms with Crippen LogP contribution in [0.25, 0.3) is 0 Å². The van der Waals surface area contributed by atoms with Crippen LogP contribution in [0.4, 0.5) is 0 Å². The van der Waals surface area contributed by atoms with E-state index >= 15 is 0 Å². The minimum atomic E-state index is -0.833. The summed E-state index contributed by atoms with van der Waals surface area (Å²) in [6.07, 6.45) is 3.25. The first-order valence-corrected chi connectivity index (χ1v) is 9.14. The Morgan fingerprint density at radius 1 is 1.24 bits per heavy atom. The zero-order valence-electron chi connectivity index (χ0n) is 15.2. The van der Waals surface area contributed by atoms with E-state index in [4.69, 9.17) is 0 Å². The Labute approximate surface area is 149 Å². The van der Waals surface area contributed by atoms with Gasteiger partial charge in [-0.05, 0) is 44.2 Å². The maximum atomic E-state index is 12.3. The van der Waals surface area contributed by atoms with Gasteiger partial charge in [0.05, 0.1) is 5.41 Å². The van der Waals surface area contributed by atoms with Crippen LogP contribution in [0, 0.1) is 5.41 Å². The van der Waals surface area contributed by atoms with Crippen molar-refractivity contribution in [2.45, 2.75) is 58.0 Å². The topological polar surface area (TPSA) is 69.6 Å². The van der Waals surface area contributed by atoms with Crippen LogP contribution in [0.5, 0.6) is 0 Å². The number of carboxylic acid groups (broad SMARTS) is 1. The molecule has 1 heterocycles. The fraction of sp³-hybridized carbons (Fsp3) is 0.600. The molecule has 2 N–H and O–H groups in total. The van der Waals surface area contributed by atoms with Crippen molar-refractivity contribution in [3.8, 4) is 0 Å². The molecule has 0 saturated heterocycles. The molecule has 1 saturated carbocycles. The summed E-state index contributed by atoms with van der Waals surface area (Å²) < 4.78 is 0. The molecule has 1 amide bonds. The van der Waals surface area contributed by atoms with Gasteiger partial charge in [0.1, 0.15) is 0 Å². The van der Waals surface area contributed by atoms with Crippen molar-refractivity contribution in [3.05, 3.63) is 35.4 Å². The van der Waals surface area contributed by atoms with E-state index in [1.54, 1.807) is 0 Å². The standard InChI is InChI=1S/C20H28N2O3/c1-19(2,22-11-8-15-6-3-4-7-16(15)13-22)14-21-17(23)12-20(18(24)25)9-5-10-20/h3-4,6-7H,5,8-14H2,1-2H3,(H,21,23)(H,24,25). The quantitative estimate of drug-likeness (QED) is 0.832. The number of carbonyl (C=O) groups is 2. The van der Waals surface area contributed by atoms with Crippen LogP contribution >= 0.6 is 0 Å². The third-order valence-electron chi connectivity index (χ3n) is 5.97. The zero-order chi connectivity index (χ0) is 18.1. The fourth-order valence-electron chi connectivity index (χ4n) is 3.88. The van der Waals surface area contributed by atoms with Crippen molar-refractivity contribution in [1.29, 1.82) is 0 Å². The summed E-state index contributed by atoms with van der Waals surface area (Å²) in [5.74, 6) is -0.978. The number of aliphatic carboxylic acids is 1. The summed E-state index contributed by atoms with van der Waals surface area (Å²) in [4.78, 5) is 26.1. The SMILES string of the molecule is CC(C)(CNC(=O)CC1(C(=O)O)CCC1)N1CCc2ccccc2C1. The normalized spacial score (nSPS) is 19.6. The molecule has 1 aromatic carbocycles. The molecule has 5 heteroatoms. The molecular formula is C20H28N2O3. The van der Waals surface area contributed by atoms with Gasteiger partial charge in [0.2, 0.25) is 5.91 Å². The van der Waals surface area contributed by atoms with E-state index in [0.717, 1.165) is 25.9 Å². The Morgan fingerprint density at radius 2 is 1.92 bits per heavy atom. The first-order valence-electron chi connectivity index (χ1n) is 9.14. The van der Waals surface area contributed by atoms with Gasteiger partial charge in [-0.2, -0.15) is 0 Å². The van der Waals surface area contributed by atoms with Gasteiger partial charge < -0.3 is 10.4 Å². The van der Waals surface area contributed by atoms with Crippen molar-refractivity contribution in [1.82, 2.24) is 10.2 Å². The second-order valence-electron chi connectivity index (χ2n) is 8.15. The Morgan fingerprint density at radius 3 is 2.52 bits per heavy atom. The molecule has 3 rings (SSSR count). The molecule has 0 aromatic heterocycles. The molecule has 0 unspecified atom stereocenters. The lowest BCUT2D eigenvalue weighted by molar-refractivity contribution is -0.157. The van der Waals surface area contributed by atoms with Crippen molar-refractivity contribution in [3.63, 3.8) is 0 Å². The molecule has 1 aromatic rings. The van der Waals surface area contributed by atoms with Gasteiger partial charge >= 0.3 is 5.97 Å². The largest absolute Gasteiger partial charge is 0.481 e. The van der Waals surface area contributed by atoms with E-state index in [1.807, 2.05) is 0 Å². The highest BCUT2D eigenvalue weighted by Gasteiger charge is 2.46. The van der Waals surface area contributed by atoms with E-state index in [0.29, 0.717) is 19.4 Å².